The van der Waals surface area contributed by atoms with Gasteiger partial charge in [-0.05, 0) is 29.2 Å². The molecule has 2 aromatic carbocycles. The van der Waals surface area contributed by atoms with E-state index >= 15 is 0 Å². The monoisotopic (exact) mass is 293 g/mol. The van der Waals surface area contributed by atoms with Crippen LogP contribution in [0.15, 0.2) is 60.2 Å². The van der Waals surface area contributed by atoms with Crippen molar-refractivity contribution in [2.24, 2.45) is 0 Å². The summed E-state index contributed by atoms with van der Waals surface area (Å²) in [6.45, 7) is 1.84. The van der Waals surface area contributed by atoms with Gasteiger partial charge >= 0.3 is 0 Å². The lowest BCUT2D eigenvalue weighted by atomic mass is 9.87. The van der Waals surface area contributed by atoms with E-state index in [1.807, 2.05) is 43.3 Å². The molecule has 0 aromatic heterocycles. The number of benzene rings is 2. The molecule has 2 aromatic rings. The highest BCUT2D eigenvalue weighted by Gasteiger charge is 2.32. The average Bonchev–Trinajstić information content (AvgIpc) is 2.84. The Morgan fingerprint density at radius 2 is 1.82 bits per heavy atom. The molecule has 0 bridgehead atoms. The van der Waals surface area contributed by atoms with E-state index in [1.54, 1.807) is 12.1 Å². The topological polar surface area (TPSA) is 60.2 Å². The fraction of sp³-hybridized carbons (Fsp3) is 0.167. The first-order chi connectivity index (χ1) is 10.6. The lowest BCUT2D eigenvalue weighted by Crippen LogP contribution is -2.00. The lowest BCUT2D eigenvalue weighted by Gasteiger charge is -2.15. The number of nitro benzene ring substituents is 1. The molecule has 0 N–H and O–H groups in total. The third-order valence-electron chi connectivity index (χ3n) is 4.13. The van der Waals surface area contributed by atoms with E-state index in [0.717, 1.165) is 22.3 Å². The molecule has 22 heavy (non-hydrogen) atoms. The first kappa shape index (κ1) is 14.2. The van der Waals surface area contributed by atoms with Gasteiger partial charge in [-0.25, -0.2) is 0 Å². The van der Waals surface area contributed by atoms with Crippen molar-refractivity contribution in [1.82, 2.24) is 0 Å². The fourth-order valence-corrected chi connectivity index (χ4v) is 3.03. The zero-order valence-corrected chi connectivity index (χ0v) is 12.2. The number of carbonyl (C=O) groups is 1. The second kappa shape index (κ2) is 5.56. The maximum atomic E-state index is 12.2. The van der Waals surface area contributed by atoms with Crippen LogP contribution < -0.4 is 0 Å². The molecule has 0 spiro atoms. The molecule has 0 saturated carbocycles. The summed E-state index contributed by atoms with van der Waals surface area (Å²) >= 11 is 0. The SMILES string of the molecule is CC1=C(c2ccccc2)C(c2cccc([N+](=O)[O-])c2)CC1=O. The van der Waals surface area contributed by atoms with Gasteiger partial charge in [-0.3, -0.25) is 14.9 Å². The van der Waals surface area contributed by atoms with Gasteiger partial charge in [-0.15, -0.1) is 0 Å². The number of Topliss-reactive ketones (excluding diaryl/α,β-unsaturated/α-hetero) is 1. The van der Waals surface area contributed by atoms with Gasteiger partial charge in [0, 0.05) is 24.5 Å². The number of nitro groups is 1. The van der Waals surface area contributed by atoms with Crippen LogP contribution >= 0.6 is 0 Å². The summed E-state index contributed by atoms with van der Waals surface area (Å²) in [6.07, 6.45) is 0.372. The van der Waals surface area contributed by atoms with E-state index in [0.29, 0.717) is 6.42 Å². The highest BCUT2D eigenvalue weighted by molar-refractivity contribution is 6.08. The predicted molar refractivity (Wildman–Crippen MR) is 84.5 cm³/mol. The number of nitrogens with zero attached hydrogens (tertiary/aromatic N) is 1. The van der Waals surface area contributed by atoms with Gasteiger partial charge in [0.05, 0.1) is 4.92 Å². The molecule has 0 aliphatic heterocycles. The minimum absolute atomic E-state index is 0.0573. The van der Waals surface area contributed by atoms with Crippen molar-refractivity contribution in [3.8, 4) is 0 Å². The van der Waals surface area contributed by atoms with Crippen molar-refractivity contribution < 1.29 is 9.72 Å². The minimum Gasteiger partial charge on any atom is -0.295 e. The number of rotatable bonds is 3. The van der Waals surface area contributed by atoms with Gasteiger partial charge in [-0.1, -0.05) is 42.5 Å². The zero-order valence-electron chi connectivity index (χ0n) is 12.2. The second-order valence-electron chi connectivity index (χ2n) is 5.44. The number of non-ortho nitro benzene ring substituents is 1. The zero-order chi connectivity index (χ0) is 15.7. The third kappa shape index (κ3) is 2.44. The highest BCUT2D eigenvalue weighted by Crippen LogP contribution is 2.43. The normalized spacial score (nSPS) is 17.9. The van der Waals surface area contributed by atoms with Gasteiger partial charge in [0.25, 0.3) is 5.69 Å². The van der Waals surface area contributed by atoms with Crippen molar-refractivity contribution >= 4 is 17.0 Å². The van der Waals surface area contributed by atoms with Gasteiger partial charge in [0.2, 0.25) is 0 Å². The van der Waals surface area contributed by atoms with Crippen LogP contribution in [-0.4, -0.2) is 10.7 Å². The molecule has 3 rings (SSSR count). The Morgan fingerprint density at radius 1 is 1.09 bits per heavy atom. The number of hydrogen-bond donors (Lipinski definition) is 0. The molecule has 4 heteroatoms. The van der Waals surface area contributed by atoms with E-state index in [-0.39, 0.29) is 17.4 Å². The van der Waals surface area contributed by atoms with Crippen LogP contribution in [0.5, 0.6) is 0 Å². The Labute approximate surface area is 128 Å². The van der Waals surface area contributed by atoms with Crippen LogP contribution in [0.4, 0.5) is 5.69 Å². The summed E-state index contributed by atoms with van der Waals surface area (Å²) < 4.78 is 0. The van der Waals surface area contributed by atoms with Gasteiger partial charge in [0.15, 0.2) is 5.78 Å². The number of hydrogen-bond acceptors (Lipinski definition) is 3. The van der Waals surface area contributed by atoms with Crippen LogP contribution in [0, 0.1) is 10.1 Å². The highest BCUT2D eigenvalue weighted by atomic mass is 16.6. The maximum Gasteiger partial charge on any atom is 0.269 e. The Bertz CT molecular complexity index is 778. The average molecular weight is 293 g/mol. The number of allylic oxidation sites excluding steroid dienone is 2. The van der Waals surface area contributed by atoms with Crippen LogP contribution in [0.2, 0.25) is 0 Å². The van der Waals surface area contributed by atoms with Gasteiger partial charge in [-0.2, -0.15) is 0 Å². The standard InChI is InChI=1S/C18H15NO3/c1-12-17(20)11-16(18(12)13-6-3-2-4-7-13)14-8-5-9-15(10-14)19(21)22/h2-10,16H,11H2,1H3. The van der Waals surface area contributed by atoms with E-state index in [4.69, 9.17) is 0 Å². The van der Waals surface area contributed by atoms with E-state index in [1.165, 1.54) is 6.07 Å². The molecule has 1 aliphatic rings. The molecule has 0 fully saturated rings. The molecule has 110 valence electrons. The summed E-state index contributed by atoms with van der Waals surface area (Å²) in [5, 5.41) is 11.0. The Hall–Kier alpha value is -2.75. The van der Waals surface area contributed by atoms with Crippen molar-refractivity contribution in [3.63, 3.8) is 0 Å². The smallest absolute Gasteiger partial charge is 0.269 e. The van der Waals surface area contributed by atoms with E-state index in [2.05, 4.69) is 0 Å². The molecule has 1 atom stereocenters. The van der Waals surface area contributed by atoms with Gasteiger partial charge in [0.1, 0.15) is 0 Å². The van der Waals surface area contributed by atoms with Crippen molar-refractivity contribution in [2.75, 3.05) is 0 Å². The molecule has 0 heterocycles. The Morgan fingerprint density at radius 3 is 2.50 bits per heavy atom. The first-order valence-corrected chi connectivity index (χ1v) is 7.11. The van der Waals surface area contributed by atoms with Crippen molar-refractivity contribution in [3.05, 3.63) is 81.4 Å². The van der Waals surface area contributed by atoms with Crippen LogP contribution in [0.25, 0.3) is 5.57 Å². The molecule has 0 radical (unpaired) electrons. The van der Waals surface area contributed by atoms with Crippen LogP contribution in [0.1, 0.15) is 30.4 Å². The summed E-state index contributed by atoms with van der Waals surface area (Å²) in [6, 6.07) is 16.3. The maximum absolute atomic E-state index is 12.2. The van der Waals surface area contributed by atoms with Crippen molar-refractivity contribution in [2.45, 2.75) is 19.3 Å². The molecule has 4 nitrogen and oxygen atoms in total. The molecule has 0 saturated heterocycles. The first-order valence-electron chi connectivity index (χ1n) is 7.11. The summed E-state index contributed by atoms with van der Waals surface area (Å²) in [4.78, 5) is 22.7. The Kier molecular flexibility index (Phi) is 3.59. The molecular formula is C18H15NO3. The number of carbonyl (C=O) groups excluding carboxylic acids is 1. The predicted octanol–water partition coefficient (Wildman–Crippen LogP) is 4.12. The lowest BCUT2D eigenvalue weighted by molar-refractivity contribution is -0.384. The summed E-state index contributed by atoms with van der Waals surface area (Å²) in [7, 11) is 0. The Balaban J connectivity index is 2.09. The minimum atomic E-state index is -0.404. The third-order valence-corrected chi connectivity index (χ3v) is 4.13. The van der Waals surface area contributed by atoms with E-state index in [9.17, 15) is 14.9 Å². The fourth-order valence-electron chi connectivity index (χ4n) is 3.03. The van der Waals surface area contributed by atoms with Crippen LogP contribution in [-0.2, 0) is 4.79 Å². The second-order valence-corrected chi connectivity index (χ2v) is 5.44. The van der Waals surface area contributed by atoms with Crippen LogP contribution in [0.3, 0.4) is 0 Å². The molecule has 0 amide bonds. The molecule has 1 unspecified atom stereocenters. The molecule has 1 aliphatic carbocycles. The van der Waals surface area contributed by atoms with Gasteiger partial charge < -0.3 is 0 Å². The molecular weight excluding hydrogens is 278 g/mol. The largest absolute Gasteiger partial charge is 0.295 e. The summed E-state index contributed by atoms with van der Waals surface area (Å²) in [5.41, 5.74) is 3.61. The quantitative estimate of drug-likeness (QED) is 0.631. The van der Waals surface area contributed by atoms with Crippen molar-refractivity contribution in [1.29, 1.82) is 0 Å². The summed E-state index contributed by atoms with van der Waals surface area (Å²) in [5.74, 6) is -0.00911. The van der Waals surface area contributed by atoms with E-state index < -0.39 is 4.92 Å². The number of ketones is 1.